The Morgan fingerprint density at radius 3 is 2.58 bits per heavy atom. The number of amides is 2. The quantitative estimate of drug-likeness (QED) is 0.726. The van der Waals surface area contributed by atoms with Crippen LogP contribution in [0.15, 0.2) is 42.5 Å². The minimum atomic E-state index is -4.54. The van der Waals surface area contributed by atoms with Gasteiger partial charge in [0.05, 0.1) is 11.5 Å². The van der Waals surface area contributed by atoms with Crippen LogP contribution in [0.5, 0.6) is 0 Å². The molecule has 1 fully saturated rings. The molecule has 1 saturated heterocycles. The molecule has 31 heavy (non-hydrogen) atoms. The molecule has 1 aliphatic rings. The topological polar surface area (TPSA) is 75.7 Å². The van der Waals surface area contributed by atoms with Crippen LogP contribution in [0, 0.1) is 19.8 Å². The van der Waals surface area contributed by atoms with Crippen molar-refractivity contribution in [2.75, 3.05) is 23.4 Å². The van der Waals surface area contributed by atoms with Crippen molar-refractivity contribution in [2.24, 2.45) is 5.92 Å². The zero-order chi connectivity index (χ0) is 22.8. The first-order chi connectivity index (χ1) is 14.5. The van der Waals surface area contributed by atoms with Crippen molar-refractivity contribution >= 4 is 29.2 Å². The second-order valence-corrected chi connectivity index (χ2v) is 7.43. The van der Waals surface area contributed by atoms with Crippen molar-refractivity contribution in [1.29, 1.82) is 0 Å². The summed E-state index contributed by atoms with van der Waals surface area (Å²) in [5.41, 5.74) is 1.71. The summed E-state index contributed by atoms with van der Waals surface area (Å²) in [7, 11) is 0. The smallest absolute Gasteiger partial charge is 0.416 e. The van der Waals surface area contributed by atoms with Crippen LogP contribution in [0.4, 0.5) is 24.5 Å². The Hall–Kier alpha value is -3.36. The monoisotopic (exact) mass is 434 g/mol. The van der Waals surface area contributed by atoms with E-state index in [1.54, 1.807) is 0 Å². The Kier molecular flexibility index (Phi) is 6.33. The average Bonchev–Trinajstić information content (AvgIpc) is 3.07. The number of benzene rings is 2. The fourth-order valence-corrected chi connectivity index (χ4v) is 3.43. The van der Waals surface area contributed by atoms with Crippen LogP contribution in [0.25, 0.3) is 0 Å². The van der Waals surface area contributed by atoms with Gasteiger partial charge in [-0.3, -0.25) is 14.4 Å². The minimum Gasteiger partial charge on any atom is -0.455 e. The summed E-state index contributed by atoms with van der Waals surface area (Å²) in [4.78, 5) is 38.2. The number of nitrogens with zero attached hydrogens (tertiary/aromatic N) is 1. The Labute approximate surface area is 177 Å². The fourth-order valence-electron chi connectivity index (χ4n) is 3.43. The maximum absolute atomic E-state index is 12.7. The zero-order valence-corrected chi connectivity index (χ0v) is 17.0. The summed E-state index contributed by atoms with van der Waals surface area (Å²) in [5, 5.41) is 2.26. The molecule has 0 unspecified atom stereocenters. The summed E-state index contributed by atoms with van der Waals surface area (Å²) in [6.45, 7) is 3.28. The Morgan fingerprint density at radius 1 is 1.16 bits per heavy atom. The summed E-state index contributed by atoms with van der Waals surface area (Å²) < 4.78 is 43.2. The van der Waals surface area contributed by atoms with Crippen LogP contribution in [0.1, 0.15) is 23.1 Å². The number of hydrogen-bond acceptors (Lipinski definition) is 4. The number of esters is 1. The van der Waals surface area contributed by atoms with E-state index in [1.807, 2.05) is 32.0 Å². The van der Waals surface area contributed by atoms with Gasteiger partial charge in [0.2, 0.25) is 5.91 Å². The second-order valence-electron chi connectivity index (χ2n) is 7.43. The lowest BCUT2D eigenvalue weighted by Crippen LogP contribution is -2.28. The van der Waals surface area contributed by atoms with Crippen molar-refractivity contribution in [3.05, 3.63) is 59.2 Å². The first-order valence-corrected chi connectivity index (χ1v) is 9.56. The molecule has 1 heterocycles. The van der Waals surface area contributed by atoms with Crippen molar-refractivity contribution < 1.29 is 32.3 Å². The predicted molar refractivity (Wildman–Crippen MR) is 107 cm³/mol. The van der Waals surface area contributed by atoms with Gasteiger partial charge in [0, 0.05) is 24.3 Å². The van der Waals surface area contributed by atoms with E-state index in [9.17, 15) is 27.6 Å². The highest BCUT2D eigenvalue weighted by atomic mass is 19.4. The van der Waals surface area contributed by atoms with Crippen LogP contribution in [-0.4, -0.2) is 30.9 Å². The molecule has 164 valence electrons. The number of ether oxygens (including phenoxy) is 1. The van der Waals surface area contributed by atoms with Gasteiger partial charge in [0.1, 0.15) is 0 Å². The number of alkyl halides is 3. The maximum Gasteiger partial charge on any atom is 0.416 e. The number of anilines is 2. The molecule has 0 bridgehead atoms. The molecule has 1 aliphatic heterocycles. The van der Waals surface area contributed by atoms with Gasteiger partial charge in [-0.25, -0.2) is 0 Å². The molecule has 2 amide bonds. The highest BCUT2D eigenvalue weighted by molar-refractivity contribution is 6.00. The first kappa shape index (κ1) is 22.3. The van der Waals surface area contributed by atoms with Crippen LogP contribution >= 0.6 is 0 Å². The summed E-state index contributed by atoms with van der Waals surface area (Å²) in [5.74, 6) is -2.43. The number of aryl methyl sites for hydroxylation is 2. The number of nitrogens with one attached hydrogen (secondary N) is 1. The summed E-state index contributed by atoms with van der Waals surface area (Å²) in [6, 6.07) is 9.76. The molecule has 0 aromatic heterocycles. The molecule has 2 aromatic carbocycles. The molecule has 6 nitrogen and oxygen atoms in total. The van der Waals surface area contributed by atoms with Crippen LogP contribution in [0.3, 0.4) is 0 Å². The van der Waals surface area contributed by atoms with Crippen molar-refractivity contribution in [2.45, 2.75) is 26.4 Å². The van der Waals surface area contributed by atoms with Gasteiger partial charge in [-0.1, -0.05) is 23.8 Å². The van der Waals surface area contributed by atoms with E-state index in [-0.39, 0.29) is 24.6 Å². The van der Waals surface area contributed by atoms with Crippen molar-refractivity contribution in [1.82, 2.24) is 0 Å². The van der Waals surface area contributed by atoms with Gasteiger partial charge in [-0.05, 0) is 43.7 Å². The molecule has 0 radical (unpaired) electrons. The summed E-state index contributed by atoms with van der Waals surface area (Å²) in [6.07, 6.45) is -4.58. The molecule has 0 aliphatic carbocycles. The molecule has 0 saturated carbocycles. The van der Waals surface area contributed by atoms with Gasteiger partial charge in [-0.15, -0.1) is 0 Å². The lowest BCUT2D eigenvalue weighted by molar-refractivity contribution is -0.151. The van der Waals surface area contributed by atoms with Gasteiger partial charge in [0.15, 0.2) is 6.61 Å². The molecular formula is C22H21F3N2O4. The van der Waals surface area contributed by atoms with E-state index in [0.717, 1.165) is 29.3 Å². The van der Waals surface area contributed by atoms with Gasteiger partial charge >= 0.3 is 12.1 Å². The molecule has 0 spiro atoms. The Morgan fingerprint density at radius 2 is 1.90 bits per heavy atom. The highest BCUT2D eigenvalue weighted by Crippen LogP contribution is 2.31. The standard InChI is InChI=1S/C22H21F3N2O4/c1-13-6-7-18(14(2)8-13)27-11-15(9-20(27)29)21(30)31-12-19(28)26-17-5-3-4-16(10-17)22(23,24)25/h3-8,10,15H,9,11-12H2,1-2H3,(H,26,28)/t15-/m1/s1. The molecule has 2 aromatic rings. The maximum atomic E-state index is 12.7. The average molecular weight is 434 g/mol. The Bertz CT molecular complexity index is 1020. The third-order valence-corrected chi connectivity index (χ3v) is 4.92. The second kappa shape index (κ2) is 8.79. The molecular weight excluding hydrogens is 413 g/mol. The first-order valence-electron chi connectivity index (χ1n) is 9.56. The lowest BCUT2D eigenvalue weighted by Gasteiger charge is -2.19. The third kappa shape index (κ3) is 5.42. The summed E-state index contributed by atoms with van der Waals surface area (Å²) >= 11 is 0. The molecule has 1 atom stereocenters. The van der Waals surface area contributed by atoms with Crippen LogP contribution in [0.2, 0.25) is 0 Å². The van der Waals surface area contributed by atoms with Gasteiger partial charge in [0.25, 0.3) is 5.91 Å². The van der Waals surface area contributed by atoms with Crippen molar-refractivity contribution in [3.63, 3.8) is 0 Å². The zero-order valence-electron chi connectivity index (χ0n) is 17.0. The normalized spacial score (nSPS) is 16.4. The van der Waals surface area contributed by atoms with Crippen LogP contribution < -0.4 is 10.2 Å². The van der Waals surface area contributed by atoms with E-state index >= 15 is 0 Å². The number of hydrogen-bond donors (Lipinski definition) is 1. The van der Waals surface area contributed by atoms with Crippen LogP contribution in [-0.2, 0) is 25.3 Å². The Balaban J connectivity index is 1.55. The fraction of sp³-hybridized carbons (Fsp3) is 0.318. The van der Waals surface area contributed by atoms with Gasteiger partial charge < -0.3 is 15.0 Å². The third-order valence-electron chi connectivity index (χ3n) is 4.92. The SMILES string of the molecule is Cc1ccc(N2C[C@H](C(=O)OCC(=O)Nc3cccc(C(F)(F)F)c3)CC2=O)c(C)c1. The number of carbonyl (C=O) groups is 3. The molecule has 9 heteroatoms. The van der Waals surface area contributed by atoms with E-state index in [2.05, 4.69) is 5.32 Å². The van der Waals surface area contributed by atoms with E-state index < -0.39 is 36.1 Å². The highest BCUT2D eigenvalue weighted by Gasteiger charge is 2.37. The number of rotatable bonds is 5. The van der Waals surface area contributed by atoms with E-state index in [1.165, 1.54) is 11.0 Å². The molecule has 3 rings (SSSR count). The predicted octanol–water partition coefficient (Wildman–Crippen LogP) is 3.86. The largest absolute Gasteiger partial charge is 0.455 e. The van der Waals surface area contributed by atoms with E-state index in [0.29, 0.717) is 5.69 Å². The number of carbonyl (C=O) groups excluding carboxylic acids is 3. The number of halogens is 3. The lowest BCUT2D eigenvalue weighted by atomic mass is 10.1. The van der Waals surface area contributed by atoms with Gasteiger partial charge in [-0.2, -0.15) is 13.2 Å². The van der Waals surface area contributed by atoms with E-state index in [4.69, 9.17) is 4.74 Å². The molecule has 1 N–H and O–H groups in total. The minimum absolute atomic E-state index is 0.0403. The van der Waals surface area contributed by atoms with Crippen molar-refractivity contribution in [3.8, 4) is 0 Å².